The van der Waals surface area contributed by atoms with E-state index in [1.54, 1.807) is 6.33 Å². The van der Waals surface area contributed by atoms with Crippen LogP contribution in [0.5, 0.6) is 0 Å². The fraction of sp³-hybridized carbons (Fsp3) is 0.545. The Hall–Kier alpha value is -1.36. The monoisotopic (exact) mass is 253 g/mol. The maximum atomic E-state index is 5.91. The molecule has 0 amide bonds. The smallest absolute Gasteiger partial charge is 0.226 e. The van der Waals surface area contributed by atoms with Gasteiger partial charge in [0.05, 0.1) is 6.33 Å². The summed E-state index contributed by atoms with van der Waals surface area (Å²) in [5.74, 6) is 1.31. The highest BCUT2D eigenvalue weighted by molar-refractivity contribution is 6.28. The van der Waals surface area contributed by atoms with Crippen LogP contribution in [0.2, 0.25) is 5.28 Å². The van der Waals surface area contributed by atoms with Gasteiger partial charge in [-0.1, -0.05) is 13.8 Å². The Morgan fingerprint density at radius 3 is 2.65 bits per heavy atom. The molecular weight excluding hydrogens is 238 g/mol. The number of hydrogen-bond acceptors (Lipinski definition) is 4. The number of nitrogens with zero attached hydrogens (tertiary/aromatic N) is 4. The molecule has 0 aliphatic rings. The molecule has 0 aliphatic heterocycles. The van der Waals surface area contributed by atoms with Gasteiger partial charge in [0.2, 0.25) is 5.28 Å². The molecule has 17 heavy (non-hydrogen) atoms. The Kier molecular flexibility index (Phi) is 3.19. The molecule has 0 radical (unpaired) electrons. The third-order valence-electron chi connectivity index (χ3n) is 3.15. The van der Waals surface area contributed by atoms with Crippen LogP contribution in [0.3, 0.4) is 0 Å². The molecule has 6 heteroatoms. The summed E-state index contributed by atoms with van der Waals surface area (Å²) in [7, 11) is 2.00. The minimum absolute atomic E-state index is 0.224. The molecule has 1 atom stereocenters. The number of H-pyrrole nitrogens is 1. The van der Waals surface area contributed by atoms with Crippen molar-refractivity contribution in [2.45, 2.75) is 26.8 Å². The van der Waals surface area contributed by atoms with Crippen LogP contribution >= 0.6 is 11.6 Å². The van der Waals surface area contributed by atoms with E-state index < -0.39 is 0 Å². The second-order valence-corrected chi connectivity index (χ2v) is 4.85. The number of fused-ring (bicyclic) bond motifs is 1. The van der Waals surface area contributed by atoms with Gasteiger partial charge in [0, 0.05) is 13.1 Å². The first kappa shape index (κ1) is 12.1. The van der Waals surface area contributed by atoms with Gasteiger partial charge in [-0.3, -0.25) is 0 Å². The molecule has 1 unspecified atom stereocenters. The summed E-state index contributed by atoms with van der Waals surface area (Å²) >= 11 is 5.91. The highest BCUT2D eigenvalue weighted by Crippen LogP contribution is 2.24. The van der Waals surface area contributed by atoms with Crippen molar-refractivity contribution in [3.8, 4) is 0 Å². The molecule has 0 aliphatic carbocycles. The van der Waals surface area contributed by atoms with Crippen LogP contribution < -0.4 is 4.90 Å². The lowest BCUT2D eigenvalue weighted by atomic mass is 10.1. The van der Waals surface area contributed by atoms with E-state index in [1.165, 1.54) is 0 Å². The Balaban J connectivity index is 2.50. The predicted molar refractivity (Wildman–Crippen MR) is 69.4 cm³/mol. The zero-order valence-corrected chi connectivity index (χ0v) is 11.2. The quantitative estimate of drug-likeness (QED) is 0.854. The van der Waals surface area contributed by atoms with Crippen molar-refractivity contribution in [2.24, 2.45) is 5.92 Å². The maximum Gasteiger partial charge on any atom is 0.226 e. The first-order chi connectivity index (χ1) is 8.00. The maximum absolute atomic E-state index is 5.91. The summed E-state index contributed by atoms with van der Waals surface area (Å²) in [4.78, 5) is 17.6. The summed E-state index contributed by atoms with van der Waals surface area (Å²) in [6, 6.07) is 0.354. The standard InChI is InChI=1S/C11H16ClN5/c1-6(2)7(3)17(4)10-8-9(14-5-13-8)15-11(12)16-10/h5-7H,1-4H3,(H,13,14,15,16). The lowest BCUT2D eigenvalue weighted by Gasteiger charge is -2.29. The molecule has 0 saturated carbocycles. The van der Waals surface area contributed by atoms with E-state index in [0.717, 1.165) is 11.3 Å². The molecule has 0 spiro atoms. The fourth-order valence-corrected chi connectivity index (χ4v) is 1.85. The van der Waals surface area contributed by atoms with Gasteiger partial charge in [-0.25, -0.2) is 4.98 Å². The number of aromatic nitrogens is 4. The van der Waals surface area contributed by atoms with Crippen LogP contribution in [0.4, 0.5) is 5.82 Å². The molecular formula is C11H16ClN5. The second-order valence-electron chi connectivity index (χ2n) is 4.51. The van der Waals surface area contributed by atoms with Crippen LogP contribution in [0.1, 0.15) is 20.8 Å². The number of anilines is 1. The molecule has 92 valence electrons. The van der Waals surface area contributed by atoms with E-state index in [2.05, 4.69) is 45.6 Å². The molecule has 2 aromatic heterocycles. The van der Waals surface area contributed by atoms with Crippen LogP contribution in [-0.4, -0.2) is 33.0 Å². The molecule has 2 aromatic rings. The van der Waals surface area contributed by atoms with Gasteiger partial charge in [0.1, 0.15) is 5.52 Å². The topological polar surface area (TPSA) is 57.7 Å². The average Bonchev–Trinajstić information content (AvgIpc) is 2.73. The van der Waals surface area contributed by atoms with Gasteiger partial charge < -0.3 is 9.88 Å². The highest BCUT2D eigenvalue weighted by atomic mass is 35.5. The molecule has 2 rings (SSSR count). The van der Waals surface area contributed by atoms with Gasteiger partial charge in [0.25, 0.3) is 0 Å². The summed E-state index contributed by atoms with van der Waals surface area (Å²) in [5, 5.41) is 0.224. The third-order valence-corrected chi connectivity index (χ3v) is 3.32. The van der Waals surface area contributed by atoms with Gasteiger partial charge in [-0.05, 0) is 24.4 Å². The number of nitrogens with one attached hydrogen (secondary N) is 1. The van der Waals surface area contributed by atoms with E-state index in [0.29, 0.717) is 17.6 Å². The predicted octanol–water partition coefficient (Wildman–Crippen LogP) is 2.49. The van der Waals surface area contributed by atoms with Crippen molar-refractivity contribution in [3.05, 3.63) is 11.6 Å². The molecule has 2 heterocycles. The van der Waals surface area contributed by atoms with Gasteiger partial charge in [-0.15, -0.1) is 0 Å². The van der Waals surface area contributed by atoms with Crippen LogP contribution in [0.15, 0.2) is 6.33 Å². The normalized spacial score (nSPS) is 13.3. The van der Waals surface area contributed by atoms with Crippen molar-refractivity contribution in [3.63, 3.8) is 0 Å². The van der Waals surface area contributed by atoms with Gasteiger partial charge >= 0.3 is 0 Å². The van der Waals surface area contributed by atoms with Crippen molar-refractivity contribution in [1.82, 2.24) is 19.9 Å². The first-order valence-electron chi connectivity index (χ1n) is 5.60. The number of rotatable bonds is 3. The Labute approximate surface area is 105 Å². The highest BCUT2D eigenvalue weighted by Gasteiger charge is 2.19. The lowest BCUT2D eigenvalue weighted by molar-refractivity contribution is 0.503. The van der Waals surface area contributed by atoms with Crippen LogP contribution in [0.25, 0.3) is 11.2 Å². The Bertz CT molecular complexity index is 522. The van der Waals surface area contributed by atoms with Crippen molar-refractivity contribution < 1.29 is 0 Å². The summed E-state index contributed by atoms with van der Waals surface area (Å²) < 4.78 is 0. The zero-order valence-electron chi connectivity index (χ0n) is 10.4. The van der Waals surface area contributed by atoms with Crippen LogP contribution in [-0.2, 0) is 0 Å². The Morgan fingerprint density at radius 1 is 1.29 bits per heavy atom. The van der Waals surface area contributed by atoms with Crippen LogP contribution in [0, 0.1) is 5.92 Å². The molecule has 0 saturated heterocycles. The minimum Gasteiger partial charge on any atom is -0.355 e. The van der Waals surface area contributed by atoms with E-state index in [-0.39, 0.29) is 5.28 Å². The summed E-state index contributed by atoms with van der Waals surface area (Å²) in [6.45, 7) is 6.51. The summed E-state index contributed by atoms with van der Waals surface area (Å²) in [6.07, 6.45) is 1.60. The molecule has 5 nitrogen and oxygen atoms in total. The van der Waals surface area contributed by atoms with E-state index >= 15 is 0 Å². The third kappa shape index (κ3) is 2.20. The first-order valence-corrected chi connectivity index (χ1v) is 5.98. The minimum atomic E-state index is 0.224. The van der Waals surface area contributed by atoms with E-state index in [4.69, 9.17) is 11.6 Å². The zero-order chi connectivity index (χ0) is 12.6. The number of imidazole rings is 1. The SMILES string of the molecule is CC(C)C(C)N(C)c1nc(Cl)nc2nc[nH]c12. The van der Waals surface area contributed by atoms with E-state index in [1.807, 2.05) is 7.05 Å². The molecule has 1 N–H and O–H groups in total. The largest absolute Gasteiger partial charge is 0.355 e. The van der Waals surface area contributed by atoms with Gasteiger partial charge in [0.15, 0.2) is 11.5 Å². The van der Waals surface area contributed by atoms with Crippen molar-refractivity contribution in [2.75, 3.05) is 11.9 Å². The molecule has 0 bridgehead atoms. The summed E-state index contributed by atoms with van der Waals surface area (Å²) in [5.41, 5.74) is 1.42. The number of halogens is 1. The molecule has 0 fully saturated rings. The number of hydrogen-bond donors (Lipinski definition) is 1. The Morgan fingerprint density at radius 2 is 2.00 bits per heavy atom. The lowest BCUT2D eigenvalue weighted by Crippen LogP contribution is -2.34. The van der Waals surface area contributed by atoms with Gasteiger partial charge in [-0.2, -0.15) is 9.97 Å². The molecule has 0 aromatic carbocycles. The second kappa shape index (κ2) is 4.49. The van der Waals surface area contributed by atoms with E-state index in [9.17, 15) is 0 Å². The van der Waals surface area contributed by atoms with Crippen molar-refractivity contribution in [1.29, 1.82) is 0 Å². The fourth-order valence-electron chi connectivity index (χ4n) is 1.69. The number of aromatic amines is 1. The van der Waals surface area contributed by atoms with Crippen molar-refractivity contribution >= 4 is 28.6 Å². The average molecular weight is 254 g/mol.